The lowest BCUT2D eigenvalue weighted by Gasteiger charge is -2.09. The van der Waals surface area contributed by atoms with Gasteiger partial charge in [-0.1, -0.05) is 0 Å². The highest BCUT2D eigenvalue weighted by atomic mass is 35.5. The second-order valence-corrected chi connectivity index (χ2v) is 4.01. The molecule has 94 valence electrons. The fourth-order valence-corrected chi connectivity index (χ4v) is 1.17. The van der Waals surface area contributed by atoms with Crippen molar-refractivity contribution >= 4 is 23.4 Å². The van der Waals surface area contributed by atoms with Crippen LogP contribution in [0.25, 0.3) is 0 Å². The van der Waals surface area contributed by atoms with Gasteiger partial charge in [0.25, 0.3) is 0 Å². The van der Waals surface area contributed by atoms with E-state index in [4.69, 9.17) is 11.6 Å². The average molecular weight is 250 g/mol. The third kappa shape index (κ3) is 9.73. The Morgan fingerprint density at radius 3 is 2.31 bits per heavy atom. The smallest absolute Gasteiger partial charge is 0.234 e. The molecule has 0 aromatic rings. The number of carbonyl (C=O) groups is 2. The fraction of sp³-hybridized carbons (Fsp3) is 0.800. The van der Waals surface area contributed by atoms with Crippen molar-refractivity contribution in [2.45, 2.75) is 12.8 Å². The highest BCUT2D eigenvalue weighted by molar-refractivity contribution is 6.27. The molecule has 0 unspecified atom stereocenters. The lowest BCUT2D eigenvalue weighted by atomic mass is 10.3. The van der Waals surface area contributed by atoms with Crippen LogP contribution in [-0.2, 0) is 9.59 Å². The van der Waals surface area contributed by atoms with E-state index in [2.05, 4.69) is 15.5 Å². The minimum Gasteiger partial charge on any atom is -0.356 e. The van der Waals surface area contributed by atoms with Crippen molar-refractivity contribution in [3.8, 4) is 0 Å². The van der Waals surface area contributed by atoms with Gasteiger partial charge in [-0.15, -0.1) is 11.6 Å². The van der Waals surface area contributed by atoms with E-state index in [1.54, 1.807) is 0 Å². The summed E-state index contributed by atoms with van der Waals surface area (Å²) < 4.78 is 0. The summed E-state index contributed by atoms with van der Waals surface area (Å²) in [5.41, 5.74) is 0. The normalized spacial score (nSPS) is 10.2. The van der Waals surface area contributed by atoms with E-state index < -0.39 is 0 Å². The van der Waals surface area contributed by atoms with Crippen LogP contribution in [0.1, 0.15) is 12.8 Å². The van der Waals surface area contributed by atoms with E-state index in [1.165, 1.54) is 0 Å². The van der Waals surface area contributed by atoms with Crippen molar-refractivity contribution < 1.29 is 9.59 Å². The Morgan fingerprint density at radius 1 is 1.12 bits per heavy atom. The molecule has 0 saturated carbocycles. The van der Waals surface area contributed by atoms with Crippen LogP contribution < -0.4 is 10.6 Å². The molecule has 0 fully saturated rings. The van der Waals surface area contributed by atoms with Gasteiger partial charge in [0.05, 0.1) is 0 Å². The monoisotopic (exact) mass is 249 g/mol. The number of carbonyl (C=O) groups excluding carboxylic acids is 2. The van der Waals surface area contributed by atoms with Gasteiger partial charge in [-0.3, -0.25) is 9.59 Å². The van der Waals surface area contributed by atoms with Crippen LogP contribution in [-0.4, -0.2) is 56.3 Å². The number of rotatable bonds is 8. The molecule has 0 spiro atoms. The number of alkyl halides is 1. The SMILES string of the molecule is CN(C)CCCNC(=O)CCNC(=O)CCl. The van der Waals surface area contributed by atoms with Crippen molar-refractivity contribution in [1.29, 1.82) is 0 Å². The molecule has 0 rings (SSSR count). The number of hydrogen-bond acceptors (Lipinski definition) is 3. The zero-order chi connectivity index (χ0) is 12.4. The van der Waals surface area contributed by atoms with Crippen LogP contribution in [0.2, 0.25) is 0 Å². The maximum absolute atomic E-state index is 11.2. The first-order valence-corrected chi connectivity index (χ1v) is 5.83. The molecule has 0 aliphatic rings. The van der Waals surface area contributed by atoms with Crippen molar-refractivity contribution in [3.05, 3.63) is 0 Å². The van der Waals surface area contributed by atoms with Crippen molar-refractivity contribution in [3.63, 3.8) is 0 Å². The summed E-state index contributed by atoms with van der Waals surface area (Å²) in [6, 6.07) is 0. The standard InChI is InChI=1S/C10H20ClN3O2/c1-14(2)7-3-5-12-9(15)4-6-13-10(16)8-11/h3-8H2,1-2H3,(H,12,15)(H,13,16). The summed E-state index contributed by atoms with van der Waals surface area (Å²) in [4.78, 5) is 24.1. The molecular formula is C10H20ClN3O2. The predicted molar refractivity (Wildman–Crippen MR) is 64.5 cm³/mol. The number of nitrogens with zero attached hydrogens (tertiary/aromatic N) is 1. The Hall–Kier alpha value is -0.810. The Balaban J connectivity index is 3.35. The van der Waals surface area contributed by atoms with E-state index >= 15 is 0 Å². The van der Waals surface area contributed by atoms with Gasteiger partial charge in [0.1, 0.15) is 5.88 Å². The Bertz CT molecular complexity index is 222. The summed E-state index contributed by atoms with van der Waals surface area (Å²) in [5, 5.41) is 5.31. The molecule has 0 radical (unpaired) electrons. The van der Waals surface area contributed by atoms with Crippen LogP contribution in [0.5, 0.6) is 0 Å². The van der Waals surface area contributed by atoms with Crippen LogP contribution in [0.3, 0.4) is 0 Å². The largest absolute Gasteiger partial charge is 0.356 e. The second-order valence-electron chi connectivity index (χ2n) is 3.74. The van der Waals surface area contributed by atoms with E-state index in [-0.39, 0.29) is 17.7 Å². The Morgan fingerprint density at radius 2 is 1.75 bits per heavy atom. The first kappa shape index (κ1) is 15.2. The minimum absolute atomic E-state index is 0.0476. The third-order valence-corrected chi connectivity index (χ3v) is 2.14. The molecular weight excluding hydrogens is 230 g/mol. The van der Waals surface area contributed by atoms with E-state index in [9.17, 15) is 9.59 Å². The van der Waals surface area contributed by atoms with Crippen LogP contribution in [0, 0.1) is 0 Å². The molecule has 0 aromatic carbocycles. The fourth-order valence-electron chi connectivity index (χ4n) is 1.07. The summed E-state index contributed by atoms with van der Waals surface area (Å²) >= 11 is 5.28. The van der Waals surface area contributed by atoms with Gasteiger partial charge < -0.3 is 15.5 Å². The van der Waals surface area contributed by atoms with Crippen molar-refractivity contribution in [2.24, 2.45) is 0 Å². The predicted octanol–water partition coefficient (Wildman–Crippen LogP) is -0.201. The molecule has 5 nitrogen and oxygen atoms in total. The summed E-state index contributed by atoms with van der Waals surface area (Å²) in [6.45, 7) is 1.95. The van der Waals surface area contributed by atoms with Crippen LogP contribution in [0.4, 0.5) is 0 Å². The number of amides is 2. The molecule has 0 heterocycles. The summed E-state index contributed by atoms with van der Waals surface area (Å²) in [6.07, 6.45) is 1.22. The van der Waals surface area contributed by atoms with Gasteiger partial charge in [-0.05, 0) is 27.1 Å². The lowest BCUT2D eigenvalue weighted by molar-refractivity contribution is -0.121. The second kappa shape index (κ2) is 9.42. The Kier molecular flexibility index (Phi) is 8.94. The minimum atomic E-state index is -0.248. The maximum Gasteiger partial charge on any atom is 0.234 e. The molecule has 2 amide bonds. The highest BCUT2D eigenvalue weighted by Crippen LogP contribution is 1.83. The zero-order valence-corrected chi connectivity index (χ0v) is 10.6. The summed E-state index contributed by atoms with van der Waals surface area (Å²) in [5.74, 6) is -0.361. The van der Waals surface area contributed by atoms with Gasteiger partial charge in [-0.2, -0.15) is 0 Å². The Labute approximate surface area is 102 Å². The van der Waals surface area contributed by atoms with Crippen LogP contribution in [0.15, 0.2) is 0 Å². The van der Waals surface area contributed by atoms with Gasteiger partial charge >= 0.3 is 0 Å². The molecule has 0 atom stereocenters. The molecule has 0 bridgehead atoms. The molecule has 0 saturated heterocycles. The topological polar surface area (TPSA) is 61.4 Å². The van der Waals surface area contributed by atoms with Gasteiger partial charge in [-0.25, -0.2) is 0 Å². The lowest BCUT2D eigenvalue weighted by Crippen LogP contribution is -2.32. The average Bonchev–Trinajstić information content (AvgIpc) is 2.24. The van der Waals surface area contributed by atoms with Gasteiger partial charge in [0, 0.05) is 19.5 Å². The molecule has 2 N–H and O–H groups in total. The molecule has 0 aliphatic carbocycles. The summed E-state index contributed by atoms with van der Waals surface area (Å²) in [7, 11) is 3.98. The van der Waals surface area contributed by atoms with Gasteiger partial charge in [0.15, 0.2) is 0 Å². The molecule has 0 aromatic heterocycles. The molecule has 6 heteroatoms. The number of nitrogens with one attached hydrogen (secondary N) is 2. The zero-order valence-electron chi connectivity index (χ0n) is 9.88. The first-order valence-electron chi connectivity index (χ1n) is 5.30. The molecule has 0 aliphatic heterocycles. The quantitative estimate of drug-likeness (QED) is 0.463. The number of hydrogen-bond donors (Lipinski definition) is 2. The first-order chi connectivity index (χ1) is 7.56. The van der Waals surface area contributed by atoms with Gasteiger partial charge in [0.2, 0.25) is 11.8 Å². The maximum atomic E-state index is 11.2. The van der Waals surface area contributed by atoms with E-state index in [1.807, 2.05) is 14.1 Å². The van der Waals surface area contributed by atoms with E-state index in [0.717, 1.165) is 13.0 Å². The van der Waals surface area contributed by atoms with E-state index in [0.29, 0.717) is 19.5 Å². The van der Waals surface area contributed by atoms with Crippen molar-refractivity contribution in [2.75, 3.05) is 39.6 Å². The van der Waals surface area contributed by atoms with Crippen LogP contribution >= 0.6 is 11.6 Å². The molecule has 16 heavy (non-hydrogen) atoms. The highest BCUT2D eigenvalue weighted by Gasteiger charge is 2.02. The van der Waals surface area contributed by atoms with Crippen molar-refractivity contribution in [1.82, 2.24) is 15.5 Å². The number of halogens is 1. The third-order valence-electron chi connectivity index (χ3n) is 1.90.